The lowest BCUT2D eigenvalue weighted by molar-refractivity contribution is -0.124. The number of carbonyl (C=O) groups excluding carboxylic acids is 1. The predicted molar refractivity (Wildman–Crippen MR) is 86.1 cm³/mol. The van der Waals surface area contributed by atoms with Crippen molar-refractivity contribution in [3.63, 3.8) is 0 Å². The second kappa shape index (κ2) is 7.05. The normalized spacial score (nSPS) is 16.0. The van der Waals surface area contributed by atoms with E-state index in [4.69, 9.17) is 14.2 Å². The van der Waals surface area contributed by atoms with Crippen molar-refractivity contribution in [2.24, 2.45) is 0 Å². The minimum atomic E-state index is -0.177. The topological polar surface area (TPSA) is 56.8 Å². The second-order valence-electron chi connectivity index (χ2n) is 5.33. The highest BCUT2D eigenvalue weighted by Gasteiger charge is 2.21. The molecule has 2 aromatic rings. The number of para-hydroxylation sites is 3. The van der Waals surface area contributed by atoms with Crippen LogP contribution in [0.25, 0.3) is 0 Å². The van der Waals surface area contributed by atoms with Gasteiger partial charge in [0.25, 0.3) is 5.91 Å². The summed E-state index contributed by atoms with van der Waals surface area (Å²) in [7, 11) is 1.57. The van der Waals surface area contributed by atoms with Crippen LogP contribution in [0, 0.1) is 0 Å². The molecule has 0 spiro atoms. The molecule has 1 aliphatic heterocycles. The quantitative estimate of drug-likeness (QED) is 0.919. The molecule has 1 heterocycles. The van der Waals surface area contributed by atoms with Gasteiger partial charge >= 0.3 is 0 Å². The number of methoxy groups -OCH3 is 1. The Morgan fingerprint density at radius 2 is 1.91 bits per heavy atom. The van der Waals surface area contributed by atoms with Crippen LogP contribution in [0.2, 0.25) is 0 Å². The van der Waals surface area contributed by atoms with Gasteiger partial charge in [-0.15, -0.1) is 0 Å². The smallest absolute Gasteiger partial charge is 0.258 e. The highest BCUT2D eigenvalue weighted by atomic mass is 16.5. The van der Waals surface area contributed by atoms with Crippen LogP contribution in [-0.2, 0) is 11.2 Å². The average Bonchev–Trinajstić information content (AvgIpc) is 2.60. The fraction of sp³-hybridized carbons (Fsp3) is 0.278. The van der Waals surface area contributed by atoms with E-state index in [-0.39, 0.29) is 18.6 Å². The first-order valence-electron chi connectivity index (χ1n) is 7.52. The van der Waals surface area contributed by atoms with Gasteiger partial charge in [0.05, 0.1) is 13.2 Å². The van der Waals surface area contributed by atoms with E-state index < -0.39 is 0 Å². The number of benzene rings is 2. The minimum absolute atomic E-state index is 0.0429. The molecule has 0 saturated carbocycles. The van der Waals surface area contributed by atoms with Gasteiger partial charge in [-0.1, -0.05) is 30.3 Å². The molecule has 1 N–H and O–H groups in total. The maximum absolute atomic E-state index is 12.1. The summed E-state index contributed by atoms with van der Waals surface area (Å²) in [6, 6.07) is 15.1. The van der Waals surface area contributed by atoms with Crippen molar-refractivity contribution >= 4 is 5.91 Å². The molecule has 0 saturated heterocycles. The average molecular weight is 313 g/mol. The van der Waals surface area contributed by atoms with Crippen LogP contribution in [0.4, 0.5) is 0 Å². The third-order valence-electron chi connectivity index (χ3n) is 3.67. The Hall–Kier alpha value is -2.69. The lowest BCUT2D eigenvalue weighted by Gasteiger charge is -2.26. The number of ether oxygens (including phenoxy) is 3. The molecule has 3 rings (SSSR count). The first kappa shape index (κ1) is 15.2. The number of amides is 1. The summed E-state index contributed by atoms with van der Waals surface area (Å²) in [5.74, 6) is 1.87. The van der Waals surface area contributed by atoms with Crippen LogP contribution in [0.5, 0.6) is 17.2 Å². The molecular weight excluding hydrogens is 294 g/mol. The van der Waals surface area contributed by atoms with E-state index in [1.165, 1.54) is 0 Å². The predicted octanol–water partition coefficient (Wildman–Crippen LogP) is 2.19. The monoisotopic (exact) mass is 313 g/mol. The Bertz CT molecular complexity index is 686. The van der Waals surface area contributed by atoms with Gasteiger partial charge in [0, 0.05) is 0 Å². The van der Waals surface area contributed by atoms with E-state index >= 15 is 0 Å². The van der Waals surface area contributed by atoms with Gasteiger partial charge in [-0.25, -0.2) is 0 Å². The van der Waals surface area contributed by atoms with Gasteiger partial charge in [0.2, 0.25) is 0 Å². The van der Waals surface area contributed by atoms with Crippen molar-refractivity contribution in [3.05, 3.63) is 54.1 Å². The first-order chi connectivity index (χ1) is 11.3. The Morgan fingerprint density at radius 1 is 1.17 bits per heavy atom. The third kappa shape index (κ3) is 3.74. The van der Waals surface area contributed by atoms with E-state index in [9.17, 15) is 4.79 Å². The molecule has 5 nitrogen and oxygen atoms in total. The van der Waals surface area contributed by atoms with Crippen molar-refractivity contribution in [1.82, 2.24) is 5.32 Å². The van der Waals surface area contributed by atoms with Crippen molar-refractivity contribution in [2.45, 2.75) is 12.5 Å². The van der Waals surface area contributed by atoms with Crippen LogP contribution in [0.15, 0.2) is 48.5 Å². The fourth-order valence-corrected chi connectivity index (χ4v) is 2.57. The van der Waals surface area contributed by atoms with Crippen LogP contribution in [-0.4, -0.2) is 32.3 Å². The first-order valence-corrected chi connectivity index (χ1v) is 7.52. The van der Waals surface area contributed by atoms with E-state index in [0.29, 0.717) is 18.1 Å². The van der Waals surface area contributed by atoms with Crippen LogP contribution in [0.1, 0.15) is 5.56 Å². The molecule has 0 bridgehead atoms. The summed E-state index contributed by atoms with van der Waals surface area (Å²) in [6.45, 7) is 0.413. The molecule has 5 heteroatoms. The summed E-state index contributed by atoms with van der Waals surface area (Å²) >= 11 is 0. The number of nitrogens with one attached hydrogen (secondary N) is 1. The zero-order chi connectivity index (χ0) is 16.1. The second-order valence-corrected chi connectivity index (χ2v) is 5.33. The van der Waals surface area contributed by atoms with Crippen LogP contribution in [0.3, 0.4) is 0 Å². The minimum Gasteiger partial charge on any atom is -0.493 e. The highest BCUT2D eigenvalue weighted by molar-refractivity contribution is 5.78. The third-order valence-corrected chi connectivity index (χ3v) is 3.67. The van der Waals surface area contributed by atoms with E-state index in [0.717, 1.165) is 17.7 Å². The van der Waals surface area contributed by atoms with Gasteiger partial charge in [-0.05, 0) is 30.2 Å². The molecule has 1 atom stereocenters. The Labute approximate surface area is 135 Å². The van der Waals surface area contributed by atoms with Crippen molar-refractivity contribution in [1.29, 1.82) is 0 Å². The van der Waals surface area contributed by atoms with Crippen LogP contribution >= 0.6 is 0 Å². The molecule has 1 amide bonds. The van der Waals surface area contributed by atoms with Gasteiger partial charge < -0.3 is 19.5 Å². The largest absolute Gasteiger partial charge is 0.493 e. The Kier molecular flexibility index (Phi) is 4.66. The Balaban J connectivity index is 1.52. The van der Waals surface area contributed by atoms with Crippen molar-refractivity contribution < 1.29 is 19.0 Å². The molecule has 23 heavy (non-hydrogen) atoms. The maximum Gasteiger partial charge on any atom is 0.258 e. The summed E-state index contributed by atoms with van der Waals surface area (Å²) in [5, 5.41) is 2.94. The summed E-state index contributed by atoms with van der Waals surface area (Å²) < 4.78 is 16.4. The van der Waals surface area contributed by atoms with Crippen molar-refractivity contribution in [3.8, 4) is 17.2 Å². The lowest BCUT2D eigenvalue weighted by Crippen LogP contribution is -2.44. The van der Waals surface area contributed by atoms with Gasteiger partial charge in [0.15, 0.2) is 18.1 Å². The summed E-state index contributed by atoms with van der Waals surface area (Å²) in [6.07, 6.45) is 0.760. The van der Waals surface area contributed by atoms with E-state index in [2.05, 4.69) is 5.32 Å². The number of fused-ring (bicyclic) bond motifs is 1. The van der Waals surface area contributed by atoms with Gasteiger partial charge in [-0.3, -0.25) is 4.79 Å². The molecule has 0 fully saturated rings. The molecule has 1 unspecified atom stereocenters. The molecule has 0 aliphatic carbocycles. The molecule has 120 valence electrons. The van der Waals surface area contributed by atoms with Gasteiger partial charge in [-0.2, -0.15) is 0 Å². The summed E-state index contributed by atoms with van der Waals surface area (Å²) in [5.41, 5.74) is 1.11. The fourth-order valence-electron chi connectivity index (χ4n) is 2.57. The molecule has 0 radical (unpaired) electrons. The van der Waals surface area contributed by atoms with E-state index in [1.54, 1.807) is 19.2 Å². The standard InChI is InChI=1S/C18H19NO4/c1-21-16-8-4-5-9-17(16)23-12-18(20)19-14-10-13-6-2-3-7-15(13)22-11-14/h2-9,14H,10-12H2,1H3,(H,19,20). The number of hydrogen-bond acceptors (Lipinski definition) is 4. The molecule has 2 aromatic carbocycles. The summed E-state index contributed by atoms with van der Waals surface area (Å²) in [4.78, 5) is 12.1. The molecule has 0 aromatic heterocycles. The van der Waals surface area contributed by atoms with Gasteiger partial charge in [0.1, 0.15) is 12.4 Å². The lowest BCUT2D eigenvalue weighted by atomic mass is 10.0. The highest BCUT2D eigenvalue weighted by Crippen LogP contribution is 2.26. The number of carbonyl (C=O) groups is 1. The number of rotatable bonds is 5. The zero-order valence-electron chi connectivity index (χ0n) is 13.0. The SMILES string of the molecule is COc1ccccc1OCC(=O)NC1COc2ccccc2C1. The van der Waals surface area contributed by atoms with E-state index in [1.807, 2.05) is 36.4 Å². The van der Waals surface area contributed by atoms with Crippen LogP contribution < -0.4 is 19.5 Å². The zero-order valence-corrected chi connectivity index (χ0v) is 13.0. The Morgan fingerprint density at radius 3 is 2.74 bits per heavy atom. The van der Waals surface area contributed by atoms with Crippen molar-refractivity contribution in [2.75, 3.05) is 20.3 Å². The maximum atomic E-state index is 12.1. The number of hydrogen-bond donors (Lipinski definition) is 1. The molecule has 1 aliphatic rings. The molecular formula is C18H19NO4.